The Morgan fingerprint density at radius 2 is 1.54 bits per heavy atom. The van der Waals surface area contributed by atoms with Crippen LogP contribution in [0.15, 0.2) is 36.4 Å². The molecule has 5 nitrogen and oxygen atoms in total. The van der Waals surface area contributed by atoms with Gasteiger partial charge in [-0.15, -0.1) is 0 Å². The van der Waals surface area contributed by atoms with Crippen molar-refractivity contribution >= 4 is 23.4 Å². The van der Waals surface area contributed by atoms with Gasteiger partial charge in [0.25, 0.3) is 17.7 Å². The minimum Gasteiger partial charge on any atom is -0.352 e. The standard InChI is InChI=1S/C21H22N2O3/c1-4-13-9-7-10-14(5-2)18(13)23-20(25)16-12-8-11-15(17(16)21(23)26)19(24)22-6-3/h7-12H,4-6H2,1-3H3,(H,22,24). The lowest BCUT2D eigenvalue weighted by atomic mass is 10.0. The number of carbonyl (C=O) groups excluding carboxylic acids is 3. The van der Waals surface area contributed by atoms with Crippen molar-refractivity contribution in [1.82, 2.24) is 5.32 Å². The summed E-state index contributed by atoms with van der Waals surface area (Å²) in [5.41, 5.74) is 3.27. The van der Waals surface area contributed by atoms with E-state index in [9.17, 15) is 14.4 Å². The third kappa shape index (κ3) is 2.69. The van der Waals surface area contributed by atoms with Crippen LogP contribution < -0.4 is 10.2 Å². The van der Waals surface area contributed by atoms with Gasteiger partial charge in [0.1, 0.15) is 0 Å². The van der Waals surface area contributed by atoms with Gasteiger partial charge in [-0.2, -0.15) is 0 Å². The predicted molar refractivity (Wildman–Crippen MR) is 101 cm³/mol. The van der Waals surface area contributed by atoms with Crippen LogP contribution in [0, 0.1) is 0 Å². The van der Waals surface area contributed by atoms with Gasteiger partial charge in [-0.1, -0.05) is 38.1 Å². The Labute approximate surface area is 153 Å². The van der Waals surface area contributed by atoms with Crippen LogP contribution in [0.2, 0.25) is 0 Å². The molecule has 2 aromatic carbocycles. The summed E-state index contributed by atoms with van der Waals surface area (Å²) >= 11 is 0. The molecule has 0 saturated carbocycles. The van der Waals surface area contributed by atoms with Crippen molar-refractivity contribution in [3.8, 4) is 0 Å². The van der Waals surface area contributed by atoms with Gasteiger partial charge in [0.05, 0.1) is 22.4 Å². The molecule has 0 bridgehead atoms. The molecule has 0 unspecified atom stereocenters. The zero-order valence-corrected chi connectivity index (χ0v) is 15.3. The number of nitrogens with one attached hydrogen (secondary N) is 1. The number of hydrogen-bond acceptors (Lipinski definition) is 3. The summed E-state index contributed by atoms with van der Waals surface area (Å²) in [6, 6.07) is 10.7. The van der Waals surface area contributed by atoms with Crippen molar-refractivity contribution in [2.45, 2.75) is 33.6 Å². The Morgan fingerprint density at radius 1 is 0.923 bits per heavy atom. The topological polar surface area (TPSA) is 66.5 Å². The number of benzene rings is 2. The van der Waals surface area contributed by atoms with Crippen LogP contribution in [0.25, 0.3) is 0 Å². The Kier molecular flexibility index (Phi) is 4.89. The maximum absolute atomic E-state index is 13.2. The second-order valence-corrected chi connectivity index (χ2v) is 6.17. The van der Waals surface area contributed by atoms with Crippen LogP contribution in [0.5, 0.6) is 0 Å². The number of para-hydroxylation sites is 1. The number of nitrogens with zero attached hydrogens (tertiary/aromatic N) is 1. The van der Waals surface area contributed by atoms with Gasteiger partial charge in [-0.3, -0.25) is 14.4 Å². The van der Waals surface area contributed by atoms with E-state index >= 15 is 0 Å². The number of anilines is 1. The first kappa shape index (κ1) is 17.9. The fraction of sp³-hybridized carbons (Fsp3) is 0.286. The van der Waals surface area contributed by atoms with E-state index in [1.54, 1.807) is 18.2 Å². The van der Waals surface area contributed by atoms with Crippen molar-refractivity contribution in [2.75, 3.05) is 11.4 Å². The fourth-order valence-corrected chi connectivity index (χ4v) is 3.44. The molecule has 134 valence electrons. The average Bonchev–Trinajstić information content (AvgIpc) is 2.91. The monoisotopic (exact) mass is 350 g/mol. The van der Waals surface area contributed by atoms with Crippen LogP contribution >= 0.6 is 0 Å². The average molecular weight is 350 g/mol. The number of hydrogen-bond donors (Lipinski definition) is 1. The van der Waals surface area contributed by atoms with Crippen LogP contribution in [-0.4, -0.2) is 24.3 Å². The van der Waals surface area contributed by atoms with Crippen LogP contribution in [-0.2, 0) is 12.8 Å². The number of fused-ring (bicyclic) bond motifs is 1. The van der Waals surface area contributed by atoms with Gasteiger partial charge in [0.2, 0.25) is 0 Å². The first-order valence-electron chi connectivity index (χ1n) is 8.95. The zero-order valence-electron chi connectivity index (χ0n) is 15.3. The summed E-state index contributed by atoms with van der Waals surface area (Å²) in [4.78, 5) is 39.8. The van der Waals surface area contributed by atoms with E-state index in [1.165, 1.54) is 4.90 Å². The second kappa shape index (κ2) is 7.12. The molecule has 3 rings (SSSR count). The molecule has 26 heavy (non-hydrogen) atoms. The molecule has 2 aromatic rings. The lowest BCUT2D eigenvalue weighted by molar-refractivity contribution is 0.0910. The highest BCUT2D eigenvalue weighted by molar-refractivity contribution is 6.36. The number of aryl methyl sites for hydroxylation is 2. The minimum absolute atomic E-state index is 0.191. The number of imide groups is 1. The largest absolute Gasteiger partial charge is 0.352 e. The maximum Gasteiger partial charge on any atom is 0.266 e. The molecule has 0 aromatic heterocycles. The van der Waals surface area contributed by atoms with E-state index < -0.39 is 5.91 Å². The smallest absolute Gasteiger partial charge is 0.266 e. The van der Waals surface area contributed by atoms with E-state index in [0.717, 1.165) is 11.1 Å². The molecule has 1 N–H and O–H groups in total. The highest BCUT2D eigenvalue weighted by atomic mass is 16.2. The highest BCUT2D eigenvalue weighted by Crippen LogP contribution is 2.35. The molecule has 0 spiro atoms. The molecule has 0 aliphatic carbocycles. The lowest BCUT2D eigenvalue weighted by Crippen LogP contribution is -2.32. The summed E-state index contributed by atoms with van der Waals surface area (Å²) in [6.07, 6.45) is 1.42. The second-order valence-electron chi connectivity index (χ2n) is 6.17. The number of carbonyl (C=O) groups is 3. The van der Waals surface area contributed by atoms with E-state index in [1.807, 2.05) is 39.0 Å². The summed E-state index contributed by atoms with van der Waals surface area (Å²) < 4.78 is 0. The first-order valence-corrected chi connectivity index (χ1v) is 8.95. The molecule has 5 heteroatoms. The van der Waals surface area contributed by atoms with Gasteiger partial charge in [0.15, 0.2) is 0 Å². The van der Waals surface area contributed by atoms with E-state index in [2.05, 4.69) is 5.32 Å². The van der Waals surface area contributed by atoms with Crippen LogP contribution in [0.3, 0.4) is 0 Å². The Bertz CT molecular complexity index is 880. The van der Waals surface area contributed by atoms with Crippen molar-refractivity contribution in [1.29, 1.82) is 0 Å². The molecule has 0 fully saturated rings. The van der Waals surface area contributed by atoms with Crippen molar-refractivity contribution in [3.05, 3.63) is 64.2 Å². The van der Waals surface area contributed by atoms with E-state index in [4.69, 9.17) is 0 Å². The van der Waals surface area contributed by atoms with Crippen molar-refractivity contribution in [2.24, 2.45) is 0 Å². The summed E-state index contributed by atoms with van der Waals surface area (Å²) in [7, 11) is 0. The summed E-state index contributed by atoms with van der Waals surface area (Å²) in [5.74, 6) is -1.14. The Morgan fingerprint density at radius 3 is 2.12 bits per heavy atom. The highest BCUT2D eigenvalue weighted by Gasteiger charge is 2.40. The van der Waals surface area contributed by atoms with Gasteiger partial charge >= 0.3 is 0 Å². The van der Waals surface area contributed by atoms with Gasteiger partial charge in [-0.05, 0) is 43.0 Å². The summed E-state index contributed by atoms with van der Waals surface area (Å²) in [5, 5.41) is 2.71. The predicted octanol–water partition coefficient (Wildman–Crippen LogP) is 3.36. The van der Waals surface area contributed by atoms with E-state index in [-0.39, 0.29) is 28.5 Å². The molecule has 1 heterocycles. The zero-order chi connectivity index (χ0) is 18.8. The molecular weight excluding hydrogens is 328 g/mol. The minimum atomic E-state index is -0.428. The van der Waals surface area contributed by atoms with Crippen LogP contribution in [0.4, 0.5) is 5.69 Å². The summed E-state index contributed by atoms with van der Waals surface area (Å²) in [6.45, 7) is 6.26. The molecule has 1 aliphatic rings. The molecule has 0 saturated heterocycles. The normalized spacial score (nSPS) is 13.1. The van der Waals surface area contributed by atoms with E-state index in [0.29, 0.717) is 25.1 Å². The van der Waals surface area contributed by atoms with Gasteiger partial charge in [0, 0.05) is 6.54 Å². The van der Waals surface area contributed by atoms with Gasteiger partial charge in [-0.25, -0.2) is 4.90 Å². The van der Waals surface area contributed by atoms with Gasteiger partial charge < -0.3 is 5.32 Å². The molecule has 3 amide bonds. The van der Waals surface area contributed by atoms with Crippen molar-refractivity contribution in [3.63, 3.8) is 0 Å². The quantitative estimate of drug-likeness (QED) is 0.841. The van der Waals surface area contributed by atoms with Crippen molar-refractivity contribution < 1.29 is 14.4 Å². The molecule has 1 aliphatic heterocycles. The number of amides is 3. The SMILES string of the molecule is CCNC(=O)c1cccc2c1C(=O)N(c1c(CC)cccc1CC)C2=O. The fourth-order valence-electron chi connectivity index (χ4n) is 3.44. The third-order valence-corrected chi connectivity index (χ3v) is 4.69. The Hall–Kier alpha value is -2.95. The lowest BCUT2D eigenvalue weighted by Gasteiger charge is -2.21. The first-order chi connectivity index (χ1) is 12.5. The molecule has 0 radical (unpaired) electrons. The maximum atomic E-state index is 13.2. The Balaban J connectivity index is 2.18. The third-order valence-electron chi connectivity index (χ3n) is 4.69. The molecule has 0 atom stereocenters. The number of rotatable bonds is 5. The van der Waals surface area contributed by atoms with Crippen LogP contribution in [0.1, 0.15) is 63.0 Å². The molecular formula is C21H22N2O3.